The van der Waals surface area contributed by atoms with Gasteiger partial charge in [-0.25, -0.2) is 9.97 Å². The van der Waals surface area contributed by atoms with Gasteiger partial charge in [0.05, 0.1) is 23.0 Å². The van der Waals surface area contributed by atoms with Crippen LogP contribution in [-0.2, 0) is 15.0 Å². The molecule has 2 N–H and O–H groups in total. The Kier molecular flexibility index (Phi) is 4.28. The first-order chi connectivity index (χ1) is 14.8. The summed E-state index contributed by atoms with van der Waals surface area (Å²) >= 11 is 0. The van der Waals surface area contributed by atoms with Crippen molar-refractivity contribution in [3.05, 3.63) is 36.2 Å². The van der Waals surface area contributed by atoms with Gasteiger partial charge in [-0.15, -0.1) is 0 Å². The van der Waals surface area contributed by atoms with Crippen molar-refractivity contribution in [2.24, 2.45) is 5.92 Å². The fourth-order valence-electron chi connectivity index (χ4n) is 4.52. The first-order valence-corrected chi connectivity index (χ1v) is 10.5. The highest BCUT2D eigenvalue weighted by Gasteiger charge is 2.42. The molecule has 0 unspecified atom stereocenters. The lowest BCUT2D eigenvalue weighted by Crippen LogP contribution is -2.33. The van der Waals surface area contributed by atoms with Crippen LogP contribution < -0.4 is 15.0 Å². The minimum atomic E-state index is -0.543. The number of likely N-dealkylation sites (N-methyl/N-ethyl adjacent to an activating group) is 1. The Balaban J connectivity index is 1.53. The summed E-state index contributed by atoms with van der Waals surface area (Å²) in [6.45, 7) is 6.45. The first kappa shape index (κ1) is 19.5. The van der Waals surface area contributed by atoms with Gasteiger partial charge in [0, 0.05) is 37.2 Å². The molecule has 1 saturated heterocycles. The minimum absolute atomic E-state index is 0.0496. The van der Waals surface area contributed by atoms with Gasteiger partial charge in [0.1, 0.15) is 11.6 Å². The highest BCUT2D eigenvalue weighted by molar-refractivity contribution is 6.07. The number of nitrogens with zero attached hydrogens (tertiary/aromatic N) is 3. The average molecular weight is 419 g/mol. The van der Waals surface area contributed by atoms with Gasteiger partial charge < -0.3 is 19.9 Å². The Hall–Kier alpha value is -3.42. The Morgan fingerprint density at radius 1 is 1.26 bits per heavy atom. The molecule has 4 heterocycles. The van der Waals surface area contributed by atoms with Crippen LogP contribution in [0.5, 0.6) is 5.88 Å². The number of pyridine rings is 1. The molecule has 160 valence electrons. The van der Waals surface area contributed by atoms with Crippen LogP contribution >= 0.6 is 0 Å². The molecular weight excluding hydrogens is 394 g/mol. The van der Waals surface area contributed by atoms with E-state index in [-0.39, 0.29) is 23.8 Å². The van der Waals surface area contributed by atoms with Crippen molar-refractivity contribution in [3.8, 4) is 17.1 Å². The Morgan fingerprint density at radius 3 is 2.81 bits per heavy atom. The van der Waals surface area contributed by atoms with Crippen LogP contribution in [-0.4, -0.2) is 46.5 Å². The number of amides is 2. The van der Waals surface area contributed by atoms with Gasteiger partial charge in [0.2, 0.25) is 17.7 Å². The van der Waals surface area contributed by atoms with Crippen molar-refractivity contribution in [2.75, 3.05) is 18.5 Å². The number of hydrogen-bond acceptors (Lipinski definition) is 5. The van der Waals surface area contributed by atoms with E-state index in [9.17, 15) is 9.59 Å². The second kappa shape index (κ2) is 6.80. The fraction of sp³-hybridized carbons (Fsp3) is 0.391. The monoisotopic (exact) mass is 419 g/mol. The van der Waals surface area contributed by atoms with Gasteiger partial charge >= 0.3 is 0 Å². The molecule has 2 amide bonds. The summed E-state index contributed by atoms with van der Waals surface area (Å²) in [6, 6.07) is 7.89. The summed E-state index contributed by atoms with van der Waals surface area (Å²) in [4.78, 5) is 38.2. The maximum atomic E-state index is 12.6. The number of carbonyl (C=O) groups excluding carboxylic acids is 2. The summed E-state index contributed by atoms with van der Waals surface area (Å²) < 4.78 is 6.21. The molecule has 1 fully saturated rings. The van der Waals surface area contributed by atoms with Gasteiger partial charge in [-0.2, -0.15) is 0 Å². The predicted molar refractivity (Wildman–Crippen MR) is 117 cm³/mol. The maximum Gasteiger partial charge on any atom is 0.240 e. The van der Waals surface area contributed by atoms with E-state index in [0.29, 0.717) is 18.8 Å². The molecule has 2 atom stereocenters. The number of aromatic amines is 1. The number of ether oxygens (including phenoxy) is 1. The van der Waals surface area contributed by atoms with Crippen LogP contribution in [0.4, 0.5) is 5.69 Å². The van der Waals surface area contributed by atoms with Crippen LogP contribution in [0.25, 0.3) is 22.3 Å². The normalized spacial score (nSPS) is 20.8. The summed E-state index contributed by atoms with van der Waals surface area (Å²) in [5.74, 6) is 0.682. The van der Waals surface area contributed by atoms with Crippen molar-refractivity contribution in [2.45, 2.75) is 38.7 Å². The molecule has 0 spiro atoms. The largest absolute Gasteiger partial charge is 0.473 e. The third-order valence-corrected chi connectivity index (χ3v) is 6.52. The second-order valence-electron chi connectivity index (χ2n) is 8.92. The smallest absolute Gasteiger partial charge is 0.240 e. The number of fused-ring (bicyclic) bond motifs is 2. The third-order valence-electron chi connectivity index (χ3n) is 6.52. The predicted octanol–water partition coefficient (Wildman–Crippen LogP) is 2.78. The molecule has 31 heavy (non-hydrogen) atoms. The Morgan fingerprint density at radius 2 is 2.06 bits per heavy atom. The minimum Gasteiger partial charge on any atom is -0.473 e. The average Bonchev–Trinajstić information content (AvgIpc) is 3.44. The van der Waals surface area contributed by atoms with E-state index in [1.807, 2.05) is 45.0 Å². The number of rotatable bonds is 4. The van der Waals surface area contributed by atoms with Gasteiger partial charge in [-0.1, -0.05) is 12.1 Å². The number of H-pyrrole nitrogens is 1. The number of carbonyl (C=O) groups is 2. The number of benzene rings is 1. The van der Waals surface area contributed by atoms with Crippen LogP contribution in [0, 0.1) is 5.92 Å². The highest BCUT2D eigenvalue weighted by Crippen LogP contribution is 2.42. The van der Waals surface area contributed by atoms with Gasteiger partial charge in [0.15, 0.2) is 0 Å². The standard InChI is InChI=1S/C23H25N5O3/c1-12(14-8-19(29)24-10-14)31-21-20-17(25-11-26-20)9-16(27-21)13-5-6-15-18(7-13)28(4)22(30)23(15,2)3/h5-7,9,11-12,14H,8,10H2,1-4H3,(H,24,29)(H,25,26)/t12-,14-/m1/s1. The van der Waals surface area contributed by atoms with Crippen molar-refractivity contribution >= 4 is 28.5 Å². The molecule has 0 saturated carbocycles. The topological polar surface area (TPSA) is 100 Å². The van der Waals surface area contributed by atoms with Gasteiger partial charge in [-0.05, 0) is 38.5 Å². The van der Waals surface area contributed by atoms with Crippen molar-refractivity contribution < 1.29 is 14.3 Å². The third kappa shape index (κ3) is 3.05. The van der Waals surface area contributed by atoms with Crippen LogP contribution in [0.15, 0.2) is 30.6 Å². The molecule has 3 aromatic rings. The Labute approximate surface area is 180 Å². The van der Waals surface area contributed by atoms with Crippen LogP contribution in [0.1, 0.15) is 32.8 Å². The number of anilines is 1. The summed E-state index contributed by atoms with van der Waals surface area (Å²) in [5, 5.41) is 2.85. The number of aromatic nitrogens is 3. The van der Waals surface area contributed by atoms with E-state index in [2.05, 4.69) is 15.3 Å². The summed E-state index contributed by atoms with van der Waals surface area (Å²) in [5.41, 5.74) is 4.43. The van der Waals surface area contributed by atoms with Crippen LogP contribution in [0.2, 0.25) is 0 Å². The molecule has 2 aliphatic heterocycles. The lowest BCUT2D eigenvalue weighted by molar-refractivity contribution is -0.122. The maximum absolute atomic E-state index is 12.6. The zero-order chi connectivity index (χ0) is 21.9. The van der Waals surface area contributed by atoms with E-state index in [4.69, 9.17) is 9.72 Å². The quantitative estimate of drug-likeness (QED) is 0.677. The molecule has 8 heteroatoms. The van der Waals surface area contributed by atoms with Crippen molar-refractivity contribution in [1.82, 2.24) is 20.3 Å². The fourth-order valence-corrected chi connectivity index (χ4v) is 4.52. The van der Waals surface area contributed by atoms with E-state index in [1.165, 1.54) is 0 Å². The molecule has 2 aliphatic rings. The number of hydrogen-bond donors (Lipinski definition) is 2. The van der Waals surface area contributed by atoms with Gasteiger partial charge in [0.25, 0.3) is 0 Å². The second-order valence-corrected chi connectivity index (χ2v) is 8.92. The molecule has 1 aromatic carbocycles. The zero-order valence-electron chi connectivity index (χ0n) is 18.0. The molecule has 2 aromatic heterocycles. The highest BCUT2D eigenvalue weighted by atomic mass is 16.5. The SMILES string of the molecule is C[C@@H](Oc1nc(-c2ccc3c(c2)N(C)C(=O)C3(C)C)cc2nc[nH]c12)[C@H]1CNC(=O)C1. The zero-order valence-corrected chi connectivity index (χ0v) is 18.0. The van der Waals surface area contributed by atoms with Crippen molar-refractivity contribution in [1.29, 1.82) is 0 Å². The van der Waals surface area contributed by atoms with E-state index < -0.39 is 5.41 Å². The first-order valence-electron chi connectivity index (χ1n) is 10.5. The molecule has 0 radical (unpaired) electrons. The van der Waals surface area contributed by atoms with Crippen LogP contribution in [0.3, 0.4) is 0 Å². The molecule has 5 rings (SSSR count). The lowest BCUT2D eigenvalue weighted by Gasteiger charge is -2.19. The molecule has 0 aliphatic carbocycles. The van der Waals surface area contributed by atoms with Crippen molar-refractivity contribution in [3.63, 3.8) is 0 Å². The number of imidazole rings is 1. The molecule has 0 bridgehead atoms. The molecular formula is C23H25N5O3. The lowest BCUT2D eigenvalue weighted by atomic mass is 9.85. The summed E-state index contributed by atoms with van der Waals surface area (Å²) in [7, 11) is 1.80. The van der Waals surface area contributed by atoms with E-state index in [1.54, 1.807) is 18.3 Å². The van der Waals surface area contributed by atoms with E-state index in [0.717, 1.165) is 33.5 Å². The van der Waals surface area contributed by atoms with Gasteiger partial charge in [-0.3, -0.25) is 9.59 Å². The molecule has 8 nitrogen and oxygen atoms in total. The summed E-state index contributed by atoms with van der Waals surface area (Å²) in [6.07, 6.45) is 1.89. The Bertz CT molecular complexity index is 1220. The van der Waals surface area contributed by atoms with E-state index >= 15 is 0 Å². The number of nitrogens with one attached hydrogen (secondary N) is 2.